The highest BCUT2D eigenvalue weighted by molar-refractivity contribution is 9.10. The van der Waals surface area contributed by atoms with Crippen LogP contribution in [0, 0.1) is 0 Å². The molecule has 0 saturated carbocycles. The highest BCUT2D eigenvalue weighted by Gasteiger charge is 2.20. The van der Waals surface area contributed by atoms with E-state index in [4.69, 9.17) is 9.47 Å². The maximum absolute atomic E-state index is 9.83. The Hall–Kier alpha value is 0.0600. The van der Waals surface area contributed by atoms with Gasteiger partial charge in [-0.15, -0.1) is 11.3 Å². The first-order valence-electron chi connectivity index (χ1n) is 4.89. The van der Waals surface area contributed by atoms with Crippen molar-refractivity contribution in [2.75, 3.05) is 13.2 Å². The Balaban J connectivity index is 1.81. The van der Waals surface area contributed by atoms with Crippen LogP contribution in [0.1, 0.15) is 11.3 Å². The number of aliphatic hydroxyl groups is 1. The lowest BCUT2D eigenvalue weighted by atomic mass is 10.1. The molecule has 1 fully saturated rings. The van der Waals surface area contributed by atoms with Crippen molar-refractivity contribution in [1.82, 2.24) is 0 Å². The van der Waals surface area contributed by atoms with Gasteiger partial charge < -0.3 is 14.6 Å². The number of aliphatic hydroxyl groups excluding tert-OH is 1. The van der Waals surface area contributed by atoms with Crippen LogP contribution in [0.5, 0.6) is 0 Å². The molecule has 0 amide bonds. The average Bonchev–Trinajstić information content (AvgIpc) is 2.79. The lowest BCUT2D eigenvalue weighted by Gasteiger charge is -2.14. The van der Waals surface area contributed by atoms with E-state index in [0.717, 1.165) is 4.47 Å². The van der Waals surface area contributed by atoms with E-state index < -0.39 is 6.10 Å². The van der Waals surface area contributed by atoms with E-state index in [2.05, 4.69) is 15.9 Å². The third-order valence-electron chi connectivity index (χ3n) is 2.27. The predicted molar refractivity (Wildman–Crippen MR) is 62.0 cm³/mol. The average molecular weight is 293 g/mol. The van der Waals surface area contributed by atoms with Crippen molar-refractivity contribution in [3.63, 3.8) is 0 Å². The number of hydrogen-bond donors (Lipinski definition) is 1. The summed E-state index contributed by atoms with van der Waals surface area (Å²) in [6.45, 7) is 1.28. The normalized spacial score (nSPS) is 19.6. The van der Waals surface area contributed by atoms with Crippen molar-refractivity contribution < 1.29 is 14.6 Å². The van der Waals surface area contributed by atoms with Crippen molar-refractivity contribution in [2.45, 2.75) is 25.2 Å². The van der Waals surface area contributed by atoms with E-state index in [1.807, 2.05) is 11.4 Å². The second-order valence-electron chi connectivity index (χ2n) is 3.46. The zero-order valence-corrected chi connectivity index (χ0v) is 10.6. The van der Waals surface area contributed by atoms with Crippen LogP contribution in [0.2, 0.25) is 0 Å². The molecule has 2 heterocycles. The lowest BCUT2D eigenvalue weighted by Crippen LogP contribution is -2.20. The molecule has 1 atom stereocenters. The minimum Gasteiger partial charge on any atom is -0.393 e. The quantitative estimate of drug-likeness (QED) is 0.924. The van der Waals surface area contributed by atoms with Gasteiger partial charge in [-0.1, -0.05) is 0 Å². The molecule has 1 aromatic heterocycles. The Morgan fingerprint density at radius 2 is 2.27 bits per heavy atom. The number of ether oxygens (including phenoxy) is 2. The monoisotopic (exact) mass is 292 g/mol. The summed E-state index contributed by atoms with van der Waals surface area (Å²) in [5, 5.41) is 11.8. The SMILES string of the molecule is OC(Cc1sccc1Br)CC1OCCO1. The first-order valence-corrected chi connectivity index (χ1v) is 6.56. The van der Waals surface area contributed by atoms with Crippen LogP contribution >= 0.6 is 27.3 Å². The molecular weight excluding hydrogens is 280 g/mol. The Bertz CT molecular complexity index is 309. The Morgan fingerprint density at radius 1 is 1.53 bits per heavy atom. The van der Waals surface area contributed by atoms with Crippen LogP contribution in [0.15, 0.2) is 15.9 Å². The number of rotatable bonds is 4. The van der Waals surface area contributed by atoms with Gasteiger partial charge in [0, 0.05) is 22.2 Å². The summed E-state index contributed by atoms with van der Waals surface area (Å²) in [6.07, 6.45) is 0.577. The van der Waals surface area contributed by atoms with E-state index in [9.17, 15) is 5.11 Å². The second-order valence-corrected chi connectivity index (χ2v) is 5.31. The minimum absolute atomic E-state index is 0.223. The molecule has 1 aliphatic heterocycles. The zero-order chi connectivity index (χ0) is 10.7. The molecule has 1 saturated heterocycles. The molecular formula is C10H13BrO3S. The Morgan fingerprint density at radius 3 is 2.87 bits per heavy atom. The van der Waals surface area contributed by atoms with Crippen molar-refractivity contribution in [1.29, 1.82) is 0 Å². The molecule has 0 bridgehead atoms. The lowest BCUT2D eigenvalue weighted by molar-refractivity contribution is -0.0697. The van der Waals surface area contributed by atoms with Crippen molar-refractivity contribution in [2.24, 2.45) is 0 Å². The third-order valence-corrected chi connectivity index (χ3v) is 4.22. The summed E-state index contributed by atoms with van der Waals surface area (Å²) in [7, 11) is 0. The van der Waals surface area contributed by atoms with Crippen LogP contribution in [0.4, 0.5) is 0 Å². The fraction of sp³-hybridized carbons (Fsp3) is 0.600. The summed E-state index contributed by atoms with van der Waals surface area (Å²) in [4.78, 5) is 1.17. The summed E-state index contributed by atoms with van der Waals surface area (Å²) in [5.74, 6) is 0. The summed E-state index contributed by atoms with van der Waals surface area (Å²) < 4.78 is 11.6. The van der Waals surface area contributed by atoms with Gasteiger partial charge in [0.05, 0.1) is 19.3 Å². The molecule has 1 N–H and O–H groups in total. The maximum atomic E-state index is 9.83. The van der Waals surface area contributed by atoms with E-state index in [-0.39, 0.29) is 6.29 Å². The molecule has 0 radical (unpaired) electrons. The molecule has 2 rings (SSSR count). The van der Waals surface area contributed by atoms with Crippen LogP contribution < -0.4 is 0 Å². The largest absolute Gasteiger partial charge is 0.393 e. The Labute approximate surface area is 101 Å². The molecule has 0 spiro atoms. The van der Waals surface area contributed by atoms with Crippen LogP contribution in [0.3, 0.4) is 0 Å². The topological polar surface area (TPSA) is 38.7 Å². The van der Waals surface area contributed by atoms with E-state index in [1.165, 1.54) is 4.88 Å². The van der Waals surface area contributed by atoms with Crippen molar-refractivity contribution in [3.8, 4) is 0 Å². The second kappa shape index (κ2) is 5.41. The molecule has 1 aromatic rings. The van der Waals surface area contributed by atoms with Crippen LogP contribution in [-0.2, 0) is 15.9 Å². The van der Waals surface area contributed by atoms with Gasteiger partial charge in [-0.2, -0.15) is 0 Å². The summed E-state index contributed by atoms with van der Waals surface area (Å²) in [5.41, 5.74) is 0. The fourth-order valence-corrected chi connectivity index (χ4v) is 3.12. The third kappa shape index (κ3) is 3.26. The molecule has 0 aliphatic carbocycles. The van der Waals surface area contributed by atoms with Crippen LogP contribution in [-0.4, -0.2) is 30.7 Å². The van der Waals surface area contributed by atoms with Gasteiger partial charge >= 0.3 is 0 Å². The first-order chi connectivity index (χ1) is 7.25. The number of halogens is 1. The minimum atomic E-state index is -0.400. The van der Waals surface area contributed by atoms with Gasteiger partial charge in [-0.05, 0) is 27.4 Å². The molecule has 84 valence electrons. The van der Waals surface area contributed by atoms with Crippen LogP contribution in [0.25, 0.3) is 0 Å². The molecule has 15 heavy (non-hydrogen) atoms. The molecule has 1 unspecified atom stereocenters. The molecule has 1 aliphatic rings. The van der Waals surface area contributed by atoms with E-state index >= 15 is 0 Å². The van der Waals surface area contributed by atoms with Crippen molar-refractivity contribution in [3.05, 3.63) is 20.8 Å². The Kier molecular flexibility index (Phi) is 4.16. The van der Waals surface area contributed by atoms with E-state index in [0.29, 0.717) is 26.1 Å². The van der Waals surface area contributed by atoms with Gasteiger partial charge in [0.2, 0.25) is 0 Å². The zero-order valence-electron chi connectivity index (χ0n) is 8.19. The van der Waals surface area contributed by atoms with E-state index in [1.54, 1.807) is 11.3 Å². The van der Waals surface area contributed by atoms with Gasteiger partial charge in [0.15, 0.2) is 6.29 Å². The number of hydrogen-bond acceptors (Lipinski definition) is 4. The maximum Gasteiger partial charge on any atom is 0.160 e. The molecule has 0 aromatic carbocycles. The highest BCUT2D eigenvalue weighted by atomic mass is 79.9. The van der Waals surface area contributed by atoms with Gasteiger partial charge in [-0.3, -0.25) is 0 Å². The fourth-order valence-electron chi connectivity index (χ4n) is 1.53. The number of thiophene rings is 1. The first kappa shape index (κ1) is 11.5. The van der Waals surface area contributed by atoms with Gasteiger partial charge in [-0.25, -0.2) is 0 Å². The predicted octanol–water partition coefficient (Wildman–Crippen LogP) is 2.18. The summed E-state index contributed by atoms with van der Waals surface area (Å²) in [6, 6.07) is 2.00. The smallest absolute Gasteiger partial charge is 0.160 e. The molecule has 5 heteroatoms. The summed E-state index contributed by atoms with van der Waals surface area (Å²) >= 11 is 5.09. The van der Waals surface area contributed by atoms with Gasteiger partial charge in [0.25, 0.3) is 0 Å². The highest BCUT2D eigenvalue weighted by Crippen LogP contribution is 2.25. The standard InChI is InChI=1S/C10H13BrO3S/c11-8-1-4-15-9(8)5-7(12)6-10-13-2-3-14-10/h1,4,7,10,12H,2-3,5-6H2. The molecule has 3 nitrogen and oxygen atoms in total. The van der Waals surface area contributed by atoms with Gasteiger partial charge in [0.1, 0.15) is 0 Å². The van der Waals surface area contributed by atoms with Crippen molar-refractivity contribution >= 4 is 27.3 Å².